The van der Waals surface area contributed by atoms with Gasteiger partial charge in [0.15, 0.2) is 0 Å². The van der Waals surface area contributed by atoms with E-state index in [1.54, 1.807) is 0 Å². The largest absolute Gasteiger partial charge is 0.395 e. The third kappa shape index (κ3) is 4.62. The van der Waals surface area contributed by atoms with E-state index in [9.17, 15) is 4.39 Å². The van der Waals surface area contributed by atoms with Gasteiger partial charge in [0.05, 0.1) is 6.61 Å². The van der Waals surface area contributed by atoms with Gasteiger partial charge in [0.1, 0.15) is 5.82 Å². The van der Waals surface area contributed by atoms with E-state index in [0.717, 1.165) is 11.3 Å². The zero-order valence-corrected chi connectivity index (χ0v) is 12.0. The van der Waals surface area contributed by atoms with Crippen LogP contribution in [0.3, 0.4) is 0 Å². The van der Waals surface area contributed by atoms with Crippen molar-refractivity contribution in [1.29, 1.82) is 0 Å². The molecule has 2 aromatic rings. The number of rotatable bonds is 4. The van der Waals surface area contributed by atoms with E-state index in [4.69, 9.17) is 5.11 Å². The number of benzene rings is 2. The van der Waals surface area contributed by atoms with Gasteiger partial charge in [-0.2, -0.15) is 0 Å². The molecule has 2 rings (SSSR count). The Bertz CT molecular complexity index is 643. The molecule has 0 fully saturated rings. The summed E-state index contributed by atoms with van der Waals surface area (Å²) >= 11 is 0. The molecule has 1 N–H and O–H groups in total. The molecule has 2 aromatic carbocycles. The molecule has 0 amide bonds. The highest BCUT2D eigenvalue weighted by molar-refractivity contribution is 5.46. The molecule has 0 spiro atoms. The van der Waals surface area contributed by atoms with Gasteiger partial charge in [0.25, 0.3) is 0 Å². The molecule has 0 heterocycles. The van der Waals surface area contributed by atoms with Crippen molar-refractivity contribution in [3.63, 3.8) is 0 Å². The SMILES string of the molecule is CN(Cc1cc(F)cc(C#CCCO)c1)c1ccccc1. The lowest BCUT2D eigenvalue weighted by Crippen LogP contribution is -2.16. The highest BCUT2D eigenvalue weighted by Gasteiger charge is 2.04. The van der Waals surface area contributed by atoms with Gasteiger partial charge in [-0.3, -0.25) is 0 Å². The number of para-hydroxylation sites is 1. The van der Waals surface area contributed by atoms with Crippen molar-refractivity contribution >= 4 is 5.69 Å². The molecule has 0 aliphatic rings. The minimum atomic E-state index is -0.290. The molecule has 108 valence electrons. The Morgan fingerprint density at radius 2 is 1.90 bits per heavy atom. The van der Waals surface area contributed by atoms with Crippen LogP contribution in [0, 0.1) is 17.7 Å². The van der Waals surface area contributed by atoms with Crippen molar-refractivity contribution in [3.8, 4) is 11.8 Å². The van der Waals surface area contributed by atoms with Crippen LogP contribution >= 0.6 is 0 Å². The Kier molecular flexibility index (Phi) is 5.36. The lowest BCUT2D eigenvalue weighted by atomic mass is 10.1. The third-order valence-corrected chi connectivity index (χ3v) is 3.04. The number of aliphatic hydroxyl groups is 1. The molecule has 0 saturated heterocycles. The third-order valence-electron chi connectivity index (χ3n) is 3.04. The smallest absolute Gasteiger partial charge is 0.124 e. The van der Waals surface area contributed by atoms with Crippen LogP contribution in [0.2, 0.25) is 0 Å². The van der Waals surface area contributed by atoms with Gasteiger partial charge in [-0.25, -0.2) is 4.39 Å². The molecule has 21 heavy (non-hydrogen) atoms. The summed E-state index contributed by atoms with van der Waals surface area (Å²) in [6.45, 7) is 0.627. The first-order chi connectivity index (χ1) is 10.2. The summed E-state index contributed by atoms with van der Waals surface area (Å²) in [5.74, 6) is 5.39. The van der Waals surface area contributed by atoms with Crippen molar-refractivity contribution in [2.45, 2.75) is 13.0 Å². The zero-order chi connectivity index (χ0) is 15.1. The zero-order valence-electron chi connectivity index (χ0n) is 12.0. The van der Waals surface area contributed by atoms with Crippen molar-refractivity contribution < 1.29 is 9.50 Å². The summed E-state index contributed by atoms with van der Waals surface area (Å²) in [6, 6.07) is 14.8. The fourth-order valence-corrected chi connectivity index (χ4v) is 2.08. The number of nitrogens with zero attached hydrogens (tertiary/aromatic N) is 1. The molecule has 0 radical (unpaired) electrons. The Morgan fingerprint density at radius 1 is 1.14 bits per heavy atom. The summed E-state index contributed by atoms with van der Waals surface area (Å²) in [5, 5.41) is 8.72. The number of aliphatic hydroxyl groups excluding tert-OH is 1. The summed E-state index contributed by atoms with van der Waals surface area (Å²) < 4.78 is 13.7. The summed E-state index contributed by atoms with van der Waals surface area (Å²) in [5.41, 5.74) is 2.59. The number of hydrogen-bond donors (Lipinski definition) is 1. The summed E-state index contributed by atoms with van der Waals surface area (Å²) in [6.07, 6.45) is 0.399. The van der Waals surface area contributed by atoms with Crippen LogP contribution < -0.4 is 4.90 Å². The second kappa shape index (κ2) is 7.47. The molecule has 0 atom stereocenters. The van der Waals surface area contributed by atoms with Crippen LogP contribution in [0.1, 0.15) is 17.5 Å². The average molecular weight is 283 g/mol. The minimum absolute atomic E-state index is 0.0198. The molecule has 2 nitrogen and oxygen atoms in total. The van der Waals surface area contributed by atoms with Crippen molar-refractivity contribution in [2.75, 3.05) is 18.6 Å². The molecule has 0 saturated carbocycles. The van der Waals surface area contributed by atoms with Crippen LogP contribution in [0.5, 0.6) is 0 Å². The quantitative estimate of drug-likeness (QED) is 0.871. The van der Waals surface area contributed by atoms with E-state index in [1.807, 2.05) is 43.4 Å². The normalized spacial score (nSPS) is 9.86. The lowest BCUT2D eigenvalue weighted by Gasteiger charge is -2.19. The molecule has 0 aliphatic heterocycles. The van der Waals surface area contributed by atoms with E-state index in [1.165, 1.54) is 12.1 Å². The van der Waals surface area contributed by atoms with Gasteiger partial charge in [-0.05, 0) is 35.9 Å². The van der Waals surface area contributed by atoms with Gasteiger partial charge in [-0.1, -0.05) is 30.0 Å². The average Bonchev–Trinajstić information content (AvgIpc) is 2.48. The van der Waals surface area contributed by atoms with Gasteiger partial charge in [-0.15, -0.1) is 0 Å². The van der Waals surface area contributed by atoms with E-state index < -0.39 is 0 Å². The highest BCUT2D eigenvalue weighted by Crippen LogP contribution is 2.16. The van der Waals surface area contributed by atoms with E-state index in [0.29, 0.717) is 18.5 Å². The van der Waals surface area contributed by atoms with Gasteiger partial charge in [0.2, 0.25) is 0 Å². The standard InChI is InChI=1S/C18H18FNO/c1-20(18-8-3-2-4-9-18)14-16-11-15(7-5-6-10-21)12-17(19)13-16/h2-4,8-9,11-13,21H,6,10,14H2,1H3. The van der Waals surface area contributed by atoms with Crippen LogP contribution in [0.4, 0.5) is 10.1 Å². The van der Waals surface area contributed by atoms with Crippen molar-refractivity contribution in [2.24, 2.45) is 0 Å². The first-order valence-corrected chi connectivity index (χ1v) is 6.84. The summed E-state index contributed by atoms with van der Waals surface area (Å²) in [4.78, 5) is 2.06. The Balaban J connectivity index is 2.15. The fourth-order valence-electron chi connectivity index (χ4n) is 2.08. The maximum Gasteiger partial charge on any atom is 0.124 e. The molecular weight excluding hydrogens is 265 g/mol. The van der Waals surface area contributed by atoms with Crippen LogP contribution in [-0.4, -0.2) is 18.8 Å². The number of hydrogen-bond acceptors (Lipinski definition) is 2. The first-order valence-electron chi connectivity index (χ1n) is 6.84. The minimum Gasteiger partial charge on any atom is -0.395 e. The van der Waals surface area contributed by atoms with Crippen molar-refractivity contribution in [1.82, 2.24) is 0 Å². The van der Waals surface area contributed by atoms with Crippen LogP contribution in [0.25, 0.3) is 0 Å². The van der Waals surface area contributed by atoms with E-state index in [-0.39, 0.29) is 12.4 Å². The second-order valence-corrected chi connectivity index (χ2v) is 4.82. The Morgan fingerprint density at radius 3 is 2.62 bits per heavy atom. The number of anilines is 1. The second-order valence-electron chi connectivity index (χ2n) is 4.82. The Hall–Kier alpha value is -2.31. The first kappa shape index (κ1) is 15.1. The fraction of sp³-hybridized carbons (Fsp3) is 0.222. The number of halogens is 1. The topological polar surface area (TPSA) is 23.5 Å². The molecule has 3 heteroatoms. The van der Waals surface area contributed by atoms with Crippen molar-refractivity contribution in [3.05, 3.63) is 65.5 Å². The molecule has 0 aliphatic carbocycles. The highest BCUT2D eigenvalue weighted by atomic mass is 19.1. The molecule has 0 unspecified atom stereocenters. The molecule has 0 bridgehead atoms. The summed E-state index contributed by atoms with van der Waals surface area (Å²) in [7, 11) is 1.97. The van der Waals surface area contributed by atoms with Crippen LogP contribution in [-0.2, 0) is 6.54 Å². The molecule has 0 aromatic heterocycles. The maximum absolute atomic E-state index is 13.7. The Labute approximate surface area is 124 Å². The lowest BCUT2D eigenvalue weighted by molar-refractivity contribution is 0.305. The predicted molar refractivity (Wildman–Crippen MR) is 83.5 cm³/mol. The van der Waals surface area contributed by atoms with Crippen LogP contribution in [0.15, 0.2) is 48.5 Å². The predicted octanol–water partition coefficient (Wildman–Crippen LogP) is 3.20. The van der Waals surface area contributed by atoms with Gasteiger partial charge < -0.3 is 10.0 Å². The monoisotopic (exact) mass is 283 g/mol. The van der Waals surface area contributed by atoms with Gasteiger partial charge >= 0.3 is 0 Å². The van der Waals surface area contributed by atoms with Gasteiger partial charge in [0, 0.05) is 31.3 Å². The molecular formula is C18H18FNO. The maximum atomic E-state index is 13.7. The van der Waals surface area contributed by atoms with E-state index in [2.05, 4.69) is 16.7 Å². The van der Waals surface area contributed by atoms with E-state index >= 15 is 0 Å².